The minimum absolute atomic E-state index is 0.0410. The summed E-state index contributed by atoms with van der Waals surface area (Å²) >= 11 is 1.40. The molecule has 1 amide bonds. The minimum Gasteiger partial charge on any atom is -0.497 e. The summed E-state index contributed by atoms with van der Waals surface area (Å²) in [6.45, 7) is 2.53. The second kappa shape index (κ2) is 8.73. The van der Waals surface area contributed by atoms with Gasteiger partial charge in [-0.2, -0.15) is 5.10 Å². The van der Waals surface area contributed by atoms with E-state index in [1.54, 1.807) is 31.4 Å². The highest BCUT2D eigenvalue weighted by Crippen LogP contribution is 2.25. The lowest BCUT2D eigenvalue weighted by molar-refractivity contribution is -0.124. The molecule has 140 valence electrons. The van der Waals surface area contributed by atoms with Crippen LogP contribution in [0.1, 0.15) is 16.7 Å². The molecule has 0 N–H and O–H groups in total. The van der Waals surface area contributed by atoms with Crippen molar-refractivity contribution in [2.45, 2.75) is 13.5 Å². The van der Waals surface area contributed by atoms with Gasteiger partial charge in [0.1, 0.15) is 11.5 Å². The summed E-state index contributed by atoms with van der Waals surface area (Å²) < 4.78 is 10.5. The number of amidine groups is 1. The van der Waals surface area contributed by atoms with Crippen molar-refractivity contribution in [3.63, 3.8) is 0 Å². The molecule has 0 aromatic heterocycles. The fourth-order valence-electron chi connectivity index (χ4n) is 2.65. The zero-order valence-electron chi connectivity index (χ0n) is 15.5. The average molecular weight is 383 g/mol. The van der Waals surface area contributed by atoms with Crippen LogP contribution in [0.15, 0.2) is 52.7 Å². The van der Waals surface area contributed by atoms with Gasteiger partial charge in [-0.15, -0.1) is 5.10 Å². The predicted octanol–water partition coefficient (Wildman–Crippen LogP) is 3.48. The molecule has 3 rings (SSSR count). The van der Waals surface area contributed by atoms with E-state index in [9.17, 15) is 4.79 Å². The van der Waals surface area contributed by atoms with Crippen molar-refractivity contribution in [1.29, 1.82) is 0 Å². The molecule has 1 aliphatic rings. The first-order valence-corrected chi connectivity index (χ1v) is 9.41. The lowest BCUT2D eigenvalue weighted by Crippen LogP contribution is -2.29. The number of hydrogen-bond donors (Lipinski definition) is 0. The van der Waals surface area contributed by atoms with Crippen molar-refractivity contribution in [3.8, 4) is 11.5 Å². The zero-order valence-corrected chi connectivity index (χ0v) is 16.3. The molecule has 1 saturated heterocycles. The largest absolute Gasteiger partial charge is 0.497 e. The monoisotopic (exact) mass is 383 g/mol. The van der Waals surface area contributed by atoms with Gasteiger partial charge in [0, 0.05) is 11.6 Å². The molecule has 0 bridgehead atoms. The third-order valence-corrected chi connectivity index (χ3v) is 5.18. The normalized spacial score (nSPS) is 15.7. The number of hydrogen-bond acceptors (Lipinski definition) is 6. The molecule has 0 aliphatic carbocycles. The highest BCUT2D eigenvalue weighted by molar-refractivity contribution is 8.15. The minimum atomic E-state index is 0.0410. The van der Waals surface area contributed by atoms with Crippen LogP contribution in [0.25, 0.3) is 0 Å². The first-order valence-electron chi connectivity index (χ1n) is 8.43. The van der Waals surface area contributed by atoms with Gasteiger partial charge in [-0.3, -0.25) is 9.69 Å². The van der Waals surface area contributed by atoms with Crippen LogP contribution in [0, 0.1) is 6.92 Å². The Balaban J connectivity index is 1.78. The highest BCUT2D eigenvalue weighted by Gasteiger charge is 2.28. The van der Waals surface area contributed by atoms with E-state index < -0.39 is 0 Å². The number of carbonyl (C=O) groups excluding carboxylic acids is 1. The first kappa shape index (κ1) is 19.0. The van der Waals surface area contributed by atoms with Crippen LogP contribution in [0.3, 0.4) is 0 Å². The summed E-state index contributed by atoms with van der Waals surface area (Å²) in [7, 11) is 3.19. The van der Waals surface area contributed by atoms with E-state index in [0.717, 1.165) is 16.7 Å². The fraction of sp³-hybridized carbons (Fsp3) is 0.250. The number of methoxy groups -OCH3 is 2. The summed E-state index contributed by atoms with van der Waals surface area (Å²) in [6.07, 6.45) is 1.61. The summed E-state index contributed by atoms with van der Waals surface area (Å²) in [5.74, 6) is 1.77. The van der Waals surface area contributed by atoms with Crippen LogP contribution in [0.4, 0.5) is 0 Å². The Labute approximate surface area is 162 Å². The lowest BCUT2D eigenvalue weighted by atomic mass is 10.1. The maximum atomic E-state index is 12.2. The van der Waals surface area contributed by atoms with Crippen molar-refractivity contribution in [3.05, 3.63) is 59.2 Å². The summed E-state index contributed by atoms with van der Waals surface area (Å²) in [5, 5.41) is 9.03. The molecule has 7 heteroatoms. The number of amides is 1. The van der Waals surface area contributed by atoms with E-state index in [1.807, 2.05) is 43.3 Å². The molecule has 0 spiro atoms. The van der Waals surface area contributed by atoms with E-state index in [2.05, 4.69) is 10.2 Å². The van der Waals surface area contributed by atoms with Gasteiger partial charge in [-0.1, -0.05) is 36.0 Å². The number of ether oxygens (including phenoxy) is 2. The Kier molecular flexibility index (Phi) is 6.13. The number of benzene rings is 2. The molecule has 2 aromatic carbocycles. The Morgan fingerprint density at radius 2 is 2.00 bits per heavy atom. The van der Waals surface area contributed by atoms with Gasteiger partial charge < -0.3 is 9.47 Å². The molecule has 1 aliphatic heterocycles. The molecule has 27 heavy (non-hydrogen) atoms. The molecule has 1 fully saturated rings. The van der Waals surface area contributed by atoms with Crippen LogP contribution in [-0.2, 0) is 11.3 Å². The van der Waals surface area contributed by atoms with E-state index in [0.29, 0.717) is 29.0 Å². The summed E-state index contributed by atoms with van der Waals surface area (Å²) in [5.41, 5.74) is 3.03. The number of aryl methyl sites for hydroxylation is 1. The molecular weight excluding hydrogens is 362 g/mol. The van der Waals surface area contributed by atoms with E-state index in [4.69, 9.17) is 9.47 Å². The number of nitrogens with zero attached hydrogens (tertiary/aromatic N) is 3. The van der Waals surface area contributed by atoms with Crippen LogP contribution in [0.5, 0.6) is 11.5 Å². The summed E-state index contributed by atoms with van der Waals surface area (Å²) in [4.78, 5) is 13.9. The quantitative estimate of drug-likeness (QED) is 0.566. The molecule has 0 radical (unpaired) electrons. The SMILES string of the molecule is COc1ccc(C=NN=C2SCC(=O)N2Cc2ccccc2C)c(OC)c1. The van der Waals surface area contributed by atoms with Crippen LogP contribution in [-0.4, -0.2) is 42.2 Å². The Bertz CT molecular complexity index is 896. The lowest BCUT2D eigenvalue weighted by Gasteiger charge is -2.16. The third kappa shape index (κ3) is 4.49. The van der Waals surface area contributed by atoms with Gasteiger partial charge in [0.15, 0.2) is 5.17 Å². The summed E-state index contributed by atoms with van der Waals surface area (Å²) in [6, 6.07) is 13.5. The van der Waals surface area contributed by atoms with Crippen molar-refractivity contribution in [2.75, 3.05) is 20.0 Å². The zero-order chi connectivity index (χ0) is 19.2. The van der Waals surface area contributed by atoms with Crippen molar-refractivity contribution in [1.82, 2.24) is 4.90 Å². The van der Waals surface area contributed by atoms with E-state index in [1.165, 1.54) is 11.8 Å². The maximum Gasteiger partial charge on any atom is 0.239 e. The molecule has 0 saturated carbocycles. The average Bonchev–Trinajstić information content (AvgIpc) is 3.03. The van der Waals surface area contributed by atoms with Crippen LogP contribution >= 0.6 is 11.8 Å². The van der Waals surface area contributed by atoms with Crippen molar-refractivity contribution >= 4 is 29.1 Å². The smallest absolute Gasteiger partial charge is 0.239 e. The standard InChI is InChI=1S/C20H21N3O3S/c1-14-6-4-5-7-16(14)12-23-19(24)13-27-20(23)22-21-11-15-8-9-17(25-2)10-18(15)26-3/h4-11H,12-13H2,1-3H3. The second-order valence-corrected chi connectivity index (χ2v) is 6.87. The molecule has 0 unspecified atom stereocenters. The Morgan fingerprint density at radius 1 is 1.19 bits per heavy atom. The molecular formula is C20H21N3O3S. The van der Waals surface area contributed by atoms with Gasteiger partial charge in [0.2, 0.25) is 5.91 Å². The van der Waals surface area contributed by atoms with Crippen LogP contribution in [0.2, 0.25) is 0 Å². The molecule has 0 atom stereocenters. The second-order valence-electron chi connectivity index (χ2n) is 5.93. The molecule has 1 heterocycles. The highest BCUT2D eigenvalue weighted by atomic mass is 32.2. The van der Waals surface area contributed by atoms with E-state index in [-0.39, 0.29) is 5.91 Å². The number of carbonyl (C=O) groups is 1. The van der Waals surface area contributed by atoms with Crippen LogP contribution < -0.4 is 9.47 Å². The Hall–Kier alpha value is -2.80. The van der Waals surface area contributed by atoms with Gasteiger partial charge in [0.05, 0.1) is 32.7 Å². The molecule has 2 aromatic rings. The van der Waals surface area contributed by atoms with Crippen molar-refractivity contribution in [2.24, 2.45) is 10.2 Å². The Morgan fingerprint density at radius 3 is 2.74 bits per heavy atom. The topological polar surface area (TPSA) is 63.5 Å². The van der Waals surface area contributed by atoms with Gasteiger partial charge in [0.25, 0.3) is 0 Å². The van der Waals surface area contributed by atoms with Gasteiger partial charge in [-0.25, -0.2) is 0 Å². The number of rotatable bonds is 6. The van der Waals surface area contributed by atoms with E-state index >= 15 is 0 Å². The van der Waals surface area contributed by atoms with Gasteiger partial charge >= 0.3 is 0 Å². The first-order chi connectivity index (χ1) is 13.1. The third-order valence-electron chi connectivity index (χ3n) is 4.23. The van der Waals surface area contributed by atoms with Crippen molar-refractivity contribution < 1.29 is 14.3 Å². The van der Waals surface area contributed by atoms with Gasteiger partial charge in [-0.05, 0) is 30.2 Å². The molecule has 6 nitrogen and oxygen atoms in total. The fourth-order valence-corrected chi connectivity index (χ4v) is 3.49. The number of thioether (sulfide) groups is 1. The maximum absolute atomic E-state index is 12.2. The predicted molar refractivity (Wildman–Crippen MR) is 109 cm³/mol.